The predicted molar refractivity (Wildman–Crippen MR) is 201 cm³/mol. The standard InChI is InChI=1S/C39H70NO7P/c1-3-5-7-9-11-13-15-17-19-20-22-24-26-28-30-32-39(41)47-38(37-46-48(42,43)45-35-33-40)36-44-34-31-29-27-25-23-21-18-16-14-12-10-8-6-4-2/h5,7,11,13,17,19,22,24,31,34,38H,3-4,6,8-10,12,14-16,18,20-21,23,25-30,32-33,35-37,40H2,1-2H3,(H,42,43)/t38-/m1/s1. The summed E-state index contributed by atoms with van der Waals surface area (Å²) in [6.07, 6.45) is 43.3. The molecule has 8 nitrogen and oxygen atoms in total. The summed E-state index contributed by atoms with van der Waals surface area (Å²) >= 11 is 0. The summed E-state index contributed by atoms with van der Waals surface area (Å²) in [6, 6.07) is 0. The number of esters is 1. The van der Waals surface area contributed by atoms with E-state index in [-0.39, 0.29) is 32.8 Å². The molecule has 0 aromatic carbocycles. The molecule has 0 aromatic rings. The number of carbonyl (C=O) groups excluding carboxylic acids is 1. The van der Waals surface area contributed by atoms with Crippen molar-refractivity contribution in [2.75, 3.05) is 26.4 Å². The average Bonchev–Trinajstić information content (AvgIpc) is 3.07. The maximum absolute atomic E-state index is 12.5. The van der Waals surface area contributed by atoms with Crippen LogP contribution in [0.5, 0.6) is 0 Å². The molecule has 48 heavy (non-hydrogen) atoms. The van der Waals surface area contributed by atoms with Gasteiger partial charge in [-0.25, -0.2) is 4.57 Å². The van der Waals surface area contributed by atoms with Crippen LogP contribution < -0.4 is 5.73 Å². The second kappa shape index (κ2) is 36.3. The number of carbonyl (C=O) groups is 1. The second-order valence-corrected chi connectivity index (χ2v) is 13.6. The molecular formula is C39H70NO7P. The third kappa shape index (κ3) is 35.3. The average molecular weight is 696 g/mol. The van der Waals surface area contributed by atoms with E-state index in [0.717, 1.165) is 51.4 Å². The molecule has 3 N–H and O–H groups in total. The monoisotopic (exact) mass is 695 g/mol. The van der Waals surface area contributed by atoms with E-state index in [1.807, 2.05) is 6.08 Å². The number of unbranched alkanes of at least 4 members (excludes halogenated alkanes) is 14. The van der Waals surface area contributed by atoms with Gasteiger partial charge in [-0.3, -0.25) is 13.8 Å². The SMILES string of the molecule is CCC=CCC=CCC=CCC=CCCCCC(=O)O[C@H](COC=CCCCCCCCCCCCCCC)COP(=O)(O)OCCN. The van der Waals surface area contributed by atoms with E-state index < -0.39 is 19.9 Å². The molecule has 2 atom stereocenters. The van der Waals surface area contributed by atoms with Gasteiger partial charge in [0.15, 0.2) is 6.10 Å². The minimum absolute atomic E-state index is 0.0134. The van der Waals surface area contributed by atoms with Crippen LogP contribution in [0.3, 0.4) is 0 Å². The first-order chi connectivity index (χ1) is 23.4. The van der Waals surface area contributed by atoms with Crippen molar-refractivity contribution < 1.29 is 32.8 Å². The van der Waals surface area contributed by atoms with E-state index in [4.69, 9.17) is 24.3 Å². The van der Waals surface area contributed by atoms with Crippen molar-refractivity contribution in [3.05, 3.63) is 60.9 Å². The van der Waals surface area contributed by atoms with E-state index in [1.165, 1.54) is 70.6 Å². The van der Waals surface area contributed by atoms with Crippen LogP contribution in [0.2, 0.25) is 0 Å². The Morgan fingerprint density at radius 3 is 1.77 bits per heavy atom. The van der Waals surface area contributed by atoms with Crippen LogP contribution in [0.15, 0.2) is 60.9 Å². The van der Waals surface area contributed by atoms with Crippen LogP contribution in [0.4, 0.5) is 0 Å². The zero-order chi connectivity index (χ0) is 35.2. The second-order valence-electron chi connectivity index (χ2n) is 12.1. The molecular weight excluding hydrogens is 625 g/mol. The number of hydrogen-bond donors (Lipinski definition) is 2. The highest BCUT2D eigenvalue weighted by molar-refractivity contribution is 7.47. The lowest BCUT2D eigenvalue weighted by molar-refractivity contribution is -0.153. The summed E-state index contributed by atoms with van der Waals surface area (Å²) in [4.78, 5) is 22.3. The fourth-order valence-electron chi connectivity index (χ4n) is 4.77. The summed E-state index contributed by atoms with van der Waals surface area (Å²) in [5.41, 5.74) is 5.34. The van der Waals surface area contributed by atoms with Gasteiger partial charge in [0.2, 0.25) is 0 Å². The van der Waals surface area contributed by atoms with E-state index in [1.54, 1.807) is 6.26 Å². The highest BCUT2D eigenvalue weighted by Gasteiger charge is 2.25. The van der Waals surface area contributed by atoms with Gasteiger partial charge in [0, 0.05) is 13.0 Å². The molecule has 1 unspecified atom stereocenters. The lowest BCUT2D eigenvalue weighted by Crippen LogP contribution is -2.27. The quantitative estimate of drug-likeness (QED) is 0.0221. The molecule has 0 aliphatic carbocycles. The molecule has 0 saturated carbocycles. The van der Waals surface area contributed by atoms with Crippen LogP contribution in [-0.2, 0) is 27.9 Å². The van der Waals surface area contributed by atoms with Gasteiger partial charge in [-0.05, 0) is 63.9 Å². The molecule has 0 heterocycles. The number of hydrogen-bond acceptors (Lipinski definition) is 7. The van der Waals surface area contributed by atoms with Crippen LogP contribution in [0.25, 0.3) is 0 Å². The van der Waals surface area contributed by atoms with Gasteiger partial charge in [-0.2, -0.15) is 0 Å². The van der Waals surface area contributed by atoms with E-state index in [9.17, 15) is 14.3 Å². The lowest BCUT2D eigenvalue weighted by Gasteiger charge is -2.19. The molecule has 0 fully saturated rings. The van der Waals surface area contributed by atoms with Crippen LogP contribution in [0, 0.1) is 0 Å². The minimum Gasteiger partial charge on any atom is -0.498 e. The van der Waals surface area contributed by atoms with E-state index >= 15 is 0 Å². The number of ether oxygens (including phenoxy) is 2. The van der Waals surface area contributed by atoms with Crippen molar-refractivity contribution in [3.63, 3.8) is 0 Å². The molecule has 9 heteroatoms. The fourth-order valence-corrected chi connectivity index (χ4v) is 5.54. The smallest absolute Gasteiger partial charge is 0.472 e. The van der Waals surface area contributed by atoms with Crippen LogP contribution in [0.1, 0.15) is 149 Å². The highest BCUT2D eigenvalue weighted by Crippen LogP contribution is 2.43. The number of allylic oxidation sites excluding steroid dienone is 9. The van der Waals surface area contributed by atoms with Gasteiger partial charge in [0.05, 0.1) is 19.5 Å². The zero-order valence-electron chi connectivity index (χ0n) is 30.4. The molecule has 0 aliphatic rings. The normalized spacial score (nSPS) is 14.2. The summed E-state index contributed by atoms with van der Waals surface area (Å²) in [5, 5.41) is 0. The van der Waals surface area contributed by atoms with Gasteiger partial charge in [0.1, 0.15) is 6.61 Å². The largest absolute Gasteiger partial charge is 0.498 e. The van der Waals surface area contributed by atoms with E-state index in [2.05, 4.69) is 62.5 Å². The minimum atomic E-state index is -4.30. The fraction of sp³-hybridized carbons (Fsp3) is 0.718. The Bertz CT molecular complexity index is 916. The molecule has 278 valence electrons. The summed E-state index contributed by atoms with van der Waals surface area (Å²) < 4.78 is 33.0. The summed E-state index contributed by atoms with van der Waals surface area (Å²) in [5.74, 6) is -0.395. The molecule has 0 radical (unpaired) electrons. The molecule has 0 rings (SSSR count). The molecule has 0 spiro atoms. The van der Waals surface area contributed by atoms with Crippen molar-refractivity contribution in [2.45, 2.75) is 155 Å². The van der Waals surface area contributed by atoms with Crippen molar-refractivity contribution in [1.82, 2.24) is 0 Å². The van der Waals surface area contributed by atoms with E-state index in [0.29, 0.717) is 6.42 Å². The maximum atomic E-state index is 12.5. The Morgan fingerprint density at radius 1 is 0.667 bits per heavy atom. The lowest BCUT2D eigenvalue weighted by atomic mass is 10.0. The van der Waals surface area contributed by atoms with Crippen molar-refractivity contribution >= 4 is 13.8 Å². The Kier molecular flexibility index (Phi) is 34.8. The van der Waals surface area contributed by atoms with Crippen molar-refractivity contribution in [2.24, 2.45) is 5.73 Å². The van der Waals surface area contributed by atoms with Gasteiger partial charge in [-0.1, -0.05) is 133 Å². The third-order valence-electron chi connectivity index (χ3n) is 7.51. The highest BCUT2D eigenvalue weighted by atomic mass is 31.2. The molecule has 0 amide bonds. The van der Waals surface area contributed by atoms with Crippen LogP contribution >= 0.6 is 7.82 Å². The first kappa shape index (κ1) is 46.0. The van der Waals surface area contributed by atoms with Crippen molar-refractivity contribution in [1.29, 1.82) is 0 Å². The number of nitrogens with two attached hydrogens (primary N) is 1. The maximum Gasteiger partial charge on any atom is 0.472 e. The third-order valence-corrected chi connectivity index (χ3v) is 8.50. The van der Waals surface area contributed by atoms with Crippen molar-refractivity contribution in [3.8, 4) is 0 Å². The molecule has 0 saturated heterocycles. The summed E-state index contributed by atoms with van der Waals surface area (Å²) in [7, 11) is -4.30. The van der Waals surface area contributed by atoms with Gasteiger partial charge < -0.3 is 20.1 Å². The molecule has 0 aromatic heterocycles. The Hall–Kier alpha value is -1.96. The Labute approximate surface area is 293 Å². The molecule has 0 aliphatic heterocycles. The summed E-state index contributed by atoms with van der Waals surface area (Å²) in [6.45, 7) is 4.05. The number of phosphoric acid groups is 1. The first-order valence-corrected chi connectivity index (χ1v) is 20.3. The Morgan fingerprint density at radius 2 is 1.19 bits per heavy atom. The van der Waals surface area contributed by atoms with Gasteiger partial charge in [-0.15, -0.1) is 0 Å². The first-order valence-electron chi connectivity index (χ1n) is 18.8. The number of phosphoric ester groups is 1. The zero-order valence-corrected chi connectivity index (χ0v) is 31.3. The molecule has 0 bridgehead atoms. The van der Waals surface area contributed by atoms with Crippen LogP contribution in [-0.4, -0.2) is 43.3 Å². The number of rotatable bonds is 35. The predicted octanol–water partition coefficient (Wildman–Crippen LogP) is 11.0. The van der Waals surface area contributed by atoms with Gasteiger partial charge >= 0.3 is 13.8 Å². The van der Waals surface area contributed by atoms with Gasteiger partial charge in [0.25, 0.3) is 0 Å². The Balaban J connectivity index is 4.25. The topological polar surface area (TPSA) is 117 Å².